The van der Waals surface area contributed by atoms with Gasteiger partial charge in [-0.05, 0) is 0 Å². The summed E-state index contributed by atoms with van der Waals surface area (Å²) in [5.41, 5.74) is 5.50. The summed E-state index contributed by atoms with van der Waals surface area (Å²) in [5.74, 6) is 0. The van der Waals surface area contributed by atoms with Crippen LogP contribution in [0.5, 0.6) is 0 Å². The van der Waals surface area contributed by atoms with E-state index in [9.17, 15) is 8.42 Å². The minimum Gasteiger partial charge on any atom is -0.379 e. The number of piperazine rings is 1. The Hall–Kier alpha value is 0.0400. The number of rotatable bonds is 4. The van der Waals surface area contributed by atoms with Crippen LogP contribution in [-0.2, 0) is 14.9 Å². The average Bonchev–Trinajstić information content (AvgIpc) is 2.41. The van der Waals surface area contributed by atoms with E-state index in [1.54, 1.807) is 4.31 Å². The molecule has 2 rings (SSSR count). The second-order valence-electron chi connectivity index (χ2n) is 4.55. The van der Waals surface area contributed by atoms with E-state index in [-0.39, 0.29) is 12.4 Å². The molecule has 2 N–H and O–H groups in total. The summed E-state index contributed by atoms with van der Waals surface area (Å²) in [7, 11) is -3.29. The largest absolute Gasteiger partial charge is 0.379 e. The number of nitrogens with two attached hydrogens (primary N) is 1. The zero-order chi connectivity index (χ0) is 13.0. The first-order valence-electron chi connectivity index (χ1n) is 6.40. The van der Waals surface area contributed by atoms with Gasteiger partial charge in [-0.2, -0.15) is 17.0 Å². The van der Waals surface area contributed by atoms with Crippen LogP contribution in [0.25, 0.3) is 0 Å². The molecular formula is C10H23ClN4O3S. The van der Waals surface area contributed by atoms with E-state index in [1.807, 2.05) is 0 Å². The molecule has 2 fully saturated rings. The predicted octanol–water partition coefficient (Wildman–Crippen LogP) is -1.44. The summed E-state index contributed by atoms with van der Waals surface area (Å²) in [6.07, 6.45) is 0. The number of nitrogens with zero attached hydrogens (tertiary/aromatic N) is 3. The van der Waals surface area contributed by atoms with Crippen LogP contribution in [-0.4, -0.2) is 87.5 Å². The van der Waals surface area contributed by atoms with Crippen molar-refractivity contribution in [1.29, 1.82) is 0 Å². The Balaban J connectivity index is 0.00000180. The lowest BCUT2D eigenvalue weighted by Gasteiger charge is -2.37. The Kier molecular flexibility index (Phi) is 6.95. The van der Waals surface area contributed by atoms with Gasteiger partial charge in [0.05, 0.1) is 13.2 Å². The van der Waals surface area contributed by atoms with Gasteiger partial charge in [0, 0.05) is 52.4 Å². The Morgan fingerprint density at radius 1 is 0.947 bits per heavy atom. The van der Waals surface area contributed by atoms with Crippen molar-refractivity contribution in [3.8, 4) is 0 Å². The van der Waals surface area contributed by atoms with Crippen LogP contribution in [0.15, 0.2) is 0 Å². The summed E-state index contributed by atoms with van der Waals surface area (Å²) in [6, 6.07) is 0. The van der Waals surface area contributed by atoms with Gasteiger partial charge < -0.3 is 10.5 Å². The first-order valence-corrected chi connectivity index (χ1v) is 7.79. The van der Waals surface area contributed by atoms with Gasteiger partial charge in [-0.25, -0.2) is 0 Å². The fourth-order valence-corrected chi connectivity index (χ4v) is 3.87. The Morgan fingerprint density at radius 3 is 2.00 bits per heavy atom. The van der Waals surface area contributed by atoms with Crippen molar-refractivity contribution in [3.63, 3.8) is 0 Å². The van der Waals surface area contributed by atoms with Crippen molar-refractivity contribution in [1.82, 2.24) is 13.5 Å². The van der Waals surface area contributed by atoms with Crippen molar-refractivity contribution < 1.29 is 13.2 Å². The van der Waals surface area contributed by atoms with Crippen LogP contribution >= 0.6 is 12.4 Å². The molecule has 0 spiro atoms. The Morgan fingerprint density at radius 2 is 1.47 bits per heavy atom. The molecule has 19 heavy (non-hydrogen) atoms. The zero-order valence-electron chi connectivity index (χ0n) is 11.0. The van der Waals surface area contributed by atoms with Crippen LogP contribution in [0.2, 0.25) is 0 Å². The van der Waals surface area contributed by atoms with Crippen LogP contribution in [0.4, 0.5) is 0 Å². The molecule has 0 saturated carbocycles. The normalized spacial score (nSPS) is 24.1. The van der Waals surface area contributed by atoms with E-state index in [2.05, 4.69) is 4.90 Å². The maximum Gasteiger partial charge on any atom is 0.282 e. The predicted molar refractivity (Wildman–Crippen MR) is 75.6 cm³/mol. The second kappa shape index (κ2) is 7.72. The second-order valence-corrected chi connectivity index (χ2v) is 6.48. The van der Waals surface area contributed by atoms with Gasteiger partial charge in [0.1, 0.15) is 0 Å². The Labute approximate surface area is 121 Å². The van der Waals surface area contributed by atoms with Gasteiger partial charge in [0.25, 0.3) is 10.2 Å². The fraction of sp³-hybridized carbons (Fsp3) is 1.00. The third-order valence-electron chi connectivity index (χ3n) is 3.40. The molecule has 0 atom stereocenters. The molecule has 0 bridgehead atoms. The highest BCUT2D eigenvalue weighted by molar-refractivity contribution is 7.86. The molecule has 0 aromatic carbocycles. The highest BCUT2D eigenvalue weighted by atomic mass is 35.5. The molecule has 0 radical (unpaired) electrons. The van der Waals surface area contributed by atoms with E-state index < -0.39 is 10.2 Å². The standard InChI is InChI=1S/C10H22N4O3S.ClH/c11-1-2-12-3-5-13(6-4-12)18(15,16)14-7-9-17-10-8-14;/h1-11H2;1H. The lowest BCUT2D eigenvalue weighted by molar-refractivity contribution is 0.0686. The molecule has 2 heterocycles. The molecule has 0 aromatic heterocycles. The molecule has 2 saturated heterocycles. The molecule has 2 aliphatic heterocycles. The monoisotopic (exact) mass is 314 g/mol. The fourth-order valence-electron chi connectivity index (χ4n) is 2.31. The quantitative estimate of drug-likeness (QED) is 0.688. The maximum absolute atomic E-state index is 12.4. The smallest absolute Gasteiger partial charge is 0.282 e. The molecule has 0 unspecified atom stereocenters. The van der Waals surface area contributed by atoms with Crippen LogP contribution in [0.3, 0.4) is 0 Å². The third-order valence-corrected chi connectivity index (χ3v) is 5.43. The van der Waals surface area contributed by atoms with E-state index >= 15 is 0 Å². The van der Waals surface area contributed by atoms with E-state index in [0.717, 1.165) is 19.6 Å². The molecular weight excluding hydrogens is 292 g/mol. The van der Waals surface area contributed by atoms with Gasteiger partial charge in [0.15, 0.2) is 0 Å². The van der Waals surface area contributed by atoms with E-state index in [4.69, 9.17) is 10.5 Å². The summed E-state index contributed by atoms with van der Waals surface area (Å²) in [6.45, 7) is 6.01. The van der Waals surface area contributed by atoms with Gasteiger partial charge in [-0.1, -0.05) is 0 Å². The molecule has 0 aromatic rings. The topological polar surface area (TPSA) is 79.1 Å². The van der Waals surface area contributed by atoms with Gasteiger partial charge >= 0.3 is 0 Å². The van der Waals surface area contributed by atoms with Crippen LogP contribution < -0.4 is 5.73 Å². The zero-order valence-corrected chi connectivity index (χ0v) is 12.7. The first kappa shape index (κ1) is 17.1. The van der Waals surface area contributed by atoms with Crippen molar-refractivity contribution in [2.75, 3.05) is 65.6 Å². The molecule has 0 amide bonds. The molecule has 7 nitrogen and oxygen atoms in total. The average molecular weight is 315 g/mol. The summed E-state index contributed by atoms with van der Waals surface area (Å²) >= 11 is 0. The first-order chi connectivity index (χ1) is 8.64. The minimum absolute atomic E-state index is 0. The van der Waals surface area contributed by atoms with Crippen LogP contribution in [0.1, 0.15) is 0 Å². The minimum atomic E-state index is -3.29. The van der Waals surface area contributed by atoms with Crippen molar-refractivity contribution in [3.05, 3.63) is 0 Å². The van der Waals surface area contributed by atoms with Gasteiger partial charge in [-0.3, -0.25) is 4.90 Å². The number of morpholine rings is 1. The van der Waals surface area contributed by atoms with E-state index in [1.165, 1.54) is 4.31 Å². The van der Waals surface area contributed by atoms with Crippen molar-refractivity contribution in [2.45, 2.75) is 0 Å². The Bertz CT molecular complexity index is 354. The van der Waals surface area contributed by atoms with Gasteiger partial charge in [0.2, 0.25) is 0 Å². The number of hydrogen-bond acceptors (Lipinski definition) is 5. The summed E-state index contributed by atoms with van der Waals surface area (Å²) in [5, 5.41) is 0. The third kappa shape index (κ3) is 4.25. The lowest BCUT2D eigenvalue weighted by atomic mass is 10.3. The highest BCUT2D eigenvalue weighted by Crippen LogP contribution is 2.13. The van der Waals surface area contributed by atoms with E-state index in [0.29, 0.717) is 45.9 Å². The van der Waals surface area contributed by atoms with Crippen LogP contribution in [0, 0.1) is 0 Å². The molecule has 114 valence electrons. The number of ether oxygens (including phenoxy) is 1. The lowest BCUT2D eigenvalue weighted by Crippen LogP contribution is -2.55. The van der Waals surface area contributed by atoms with Gasteiger partial charge in [-0.15, -0.1) is 12.4 Å². The SMILES string of the molecule is Cl.NCCN1CCN(S(=O)(=O)N2CCOCC2)CC1. The number of hydrogen-bond donors (Lipinski definition) is 1. The highest BCUT2D eigenvalue weighted by Gasteiger charge is 2.32. The summed E-state index contributed by atoms with van der Waals surface area (Å²) in [4.78, 5) is 2.20. The maximum atomic E-state index is 12.4. The molecule has 9 heteroatoms. The van der Waals surface area contributed by atoms with Crippen molar-refractivity contribution in [2.24, 2.45) is 5.73 Å². The molecule has 2 aliphatic rings. The molecule has 0 aliphatic carbocycles. The summed E-state index contributed by atoms with van der Waals surface area (Å²) < 4.78 is 33.0. The number of halogens is 1. The van der Waals surface area contributed by atoms with Crippen molar-refractivity contribution >= 4 is 22.6 Å².